The number of anilines is 1. The van der Waals surface area contributed by atoms with Crippen molar-refractivity contribution in [3.05, 3.63) is 77.7 Å². The number of nitrogens with one attached hydrogen (secondary N) is 1. The van der Waals surface area contributed by atoms with Crippen molar-refractivity contribution in [2.24, 2.45) is 0 Å². The molecule has 1 amide bonds. The Morgan fingerprint density at radius 3 is 2.18 bits per heavy atom. The molecule has 0 aliphatic rings. The van der Waals surface area contributed by atoms with Crippen LogP contribution in [0.25, 0.3) is 0 Å². The molecule has 0 radical (unpaired) electrons. The summed E-state index contributed by atoms with van der Waals surface area (Å²) in [6.07, 6.45) is 0. The molecule has 0 aliphatic carbocycles. The molecule has 3 rings (SSSR count). The standard InChI is InChI=1S/C22H21NO5/c1-3-26-18-10-6-17(7-11-18)23-22(25)21-13-12-20(28-21)14-27-19-8-4-16(5-9-19)15(2)24/h4-13H,3,14H2,1-2H3,(H,23,25). The van der Waals surface area contributed by atoms with E-state index in [-0.39, 0.29) is 24.1 Å². The van der Waals surface area contributed by atoms with Gasteiger partial charge in [0.25, 0.3) is 5.91 Å². The minimum Gasteiger partial charge on any atom is -0.494 e. The highest BCUT2D eigenvalue weighted by Gasteiger charge is 2.12. The molecule has 0 saturated carbocycles. The van der Waals surface area contributed by atoms with Crippen molar-refractivity contribution in [3.63, 3.8) is 0 Å². The van der Waals surface area contributed by atoms with Crippen LogP contribution in [-0.2, 0) is 6.61 Å². The van der Waals surface area contributed by atoms with Crippen LogP contribution >= 0.6 is 0 Å². The van der Waals surface area contributed by atoms with Crippen LogP contribution in [0.3, 0.4) is 0 Å². The summed E-state index contributed by atoms with van der Waals surface area (Å²) in [6.45, 7) is 4.19. The maximum absolute atomic E-state index is 12.3. The number of hydrogen-bond donors (Lipinski definition) is 1. The van der Waals surface area contributed by atoms with Crippen molar-refractivity contribution in [3.8, 4) is 11.5 Å². The van der Waals surface area contributed by atoms with E-state index in [0.717, 1.165) is 5.75 Å². The van der Waals surface area contributed by atoms with Crippen molar-refractivity contribution >= 4 is 17.4 Å². The second-order valence-electron chi connectivity index (χ2n) is 6.05. The van der Waals surface area contributed by atoms with Crippen molar-refractivity contribution in [1.82, 2.24) is 0 Å². The largest absolute Gasteiger partial charge is 0.494 e. The monoisotopic (exact) mass is 379 g/mol. The molecule has 144 valence electrons. The molecule has 0 aliphatic heterocycles. The third-order valence-corrected chi connectivity index (χ3v) is 3.95. The van der Waals surface area contributed by atoms with Crippen molar-refractivity contribution < 1.29 is 23.5 Å². The zero-order valence-electron chi connectivity index (χ0n) is 15.7. The van der Waals surface area contributed by atoms with Gasteiger partial charge in [-0.15, -0.1) is 0 Å². The van der Waals surface area contributed by atoms with E-state index in [2.05, 4.69) is 5.32 Å². The van der Waals surface area contributed by atoms with Crippen LogP contribution in [-0.4, -0.2) is 18.3 Å². The Morgan fingerprint density at radius 1 is 0.893 bits per heavy atom. The first-order valence-corrected chi connectivity index (χ1v) is 8.92. The quantitative estimate of drug-likeness (QED) is 0.574. The first-order valence-electron chi connectivity index (χ1n) is 8.92. The topological polar surface area (TPSA) is 77.8 Å². The minimum atomic E-state index is -0.346. The third-order valence-electron chi connectivity index (χ3n) is 3.95. The lowest BCUT2D eigenvalue weighted by molar-refractivity contribution is 0.0990. The van der Waals surface area contributed by atoms with Crippen molar-refractivity contribution in [2.45, 2.75) is 20.5 Å². The van der Waals surface area contributed by atoms with Crippen LogP contribution in [0.4, 0.5) is 5.69 Å². The Bertz CT molecular complexity index is 942. The van der Waals surface area contributed by atoms with E-state index >= 15 is 0 Å². The number of ether oxygens (including phenoxy) is 2. The van der Waals surface area contributed by atoms with Gasteiger partial charge in [-0.1, -0.05) is 0 Å². The van der Waals surface area contributed by atoms with Gasteiger partial charge in [0.2, 0.25) is 0 Å². The van der Waals surface area contributed by atoms with Gasteiger partial charge in [0.05, 0.1) is 6.61 Å². The van der Waals surface area contributed by atoms with Crippen LogP contribution in [0.2, 0.25) is 0 Å². The summed E-state index contributed by atoms with van der Waals surface area (Å²) in [7, 11) is 0. The van der Waals surface area contributed by atoms with E-state index in [4.69, 9.17) is 13.9 Å². The molecular formula is C22H21NO5. The summed E-state index contributed by atoms with van der Waals surface area (Å²) in [5.41, 5.74) is 1.27. The smallest absolute Gasteiger partial charge is 0.291 e. The fourth-order valence-electron chi connectivity index (χ4n) is 2.51. The van der Waals surface area contributed by atoms with Gasteiger partial charge in [-0.05, 0) is 74.5 Å². The van der Waals surface area contributed by atoms with E-state index in [9.17, 15) is 9.59 Å². The molecule has 2 aromatic carbocycles. The number of carbonyl (C=O) groups excluding carboxylic acids is 2. The molecule has 1 heterocycles. The molecule has 0 saturated heterocycles. The molecule has 28 heavy (non-hydrogen) atoms. The molecule has 0 unspecified atom stereocenters. The zero-order valence-corrected chi connectivity index (χ0v) is 15.7. The number of amides is 1. The van der Waals surface area contributed by atoms with E-state index in [1.807, 2.05) is 6.92 Å². The lowest BCUT2D eigenvalue weighted by Gasteiger charge is -2.06. The van der Waals surface area contributed by atoms with E-state index < -0.39 is 0 Å². The molecule has 6 nitrogen and oxygen atoms in total. The van der Waals surface area contributed by atoms with Gasteiger partial charge < -0.3 is 19.2 Å². The van der Waals surface area contributed by atoms with Gasteiger partial charge in [0, 0.05) is 11.3 Å². The van der Waals surface area contributed by atoms with Crippen molar-refractivity contribution in [2.75, 3.05) is 11.9 Å². The average Bonchev–Trinajstić information content (AvgIpc) is 3.18. The molecule has 0 spiro atoms. The summed E-state index contributed by atoms with van der Waals surface area (Å²) in [4.78, 5) is 23.6. The molecule has 1 aromatic heterocycles. The predicted octanol–water partition coefficient (Wildman–Crippen LogP) is 4.71. The summed E-state index contributed by atoms with van der Waals surface area (Å²) in [6, 6.07) is 17.2. The SMILES string of the molecule is CCOc1ccc(NC(=O)c2ccc(COc3ccc(C(C)=O)cc3)o2)cc1. The lowest BCUT2D eigenvalue weighted by Crippen LogP contribution is -2.10. The fraction of sp³-hybridized carbons (Fsp3) is 0.182. The average molecular weight is 379 g/mol. The molecule has 6 heteroatoms. The lowest BCUT2D eigenvalue weighted by atomic mass is 10.1. The van der Waals surface area contributed by atoms with Gasteiger partial charge in [0.1, 0.15) is 23.9 Å². The maximum Gasteiger partial charge on any atom is 0.291 e. The van der Waals surface area contributed by atoms with Crippen LogP contribution < -0.4 is 14.8 Å². The van der Waals surface area contributed by atoms with E-state index in [1.165, 1.54) is 6.92 Å². The van der Waals surface area contributed by atoms with Gasteiger partial charge in [-0.25, -0.2) is 0 Å². The molecule has 0 atom stereocenters. The highest BCUT2D eigenvalue weighted by atomic mass is 16.5. The number of rotatable bonds is 8. The van der Waals surface area contributed by atoms with Gasteiger partial charge in [-0.3, -0.25) is 9.59 Å². The zero-order chi connectivity index (χ0) is 19.9. The van der Waals surface area contributed by atoms with Crippen LogP contribution in [0.1, 0.15) is 40.5 Å². The third kappa shape index (κ3) is 5.01. The first-order chi connectivity index (χ1) is 13.5. The molecule has 0 fully saturated rings. The van der Waals surface area contributed by atoms with E-state index in [1.54, 1.807) is 60.7 Å². The van der Waals surface area contributed by atoms with Gasteiger partial charge in [0.15, 0.2) is 11.5 Å². The maximum atomic E-state index is 12.3. The number of furan rings is 1. The summed E-state index contributed by atoms with van der Waals surface area (Å²) >= 11 is 0. The summed E-state index contributed by atoms with van der Waals surface area (Å²) in [5, 5.41) is 2.77. The van der Waals surface area contributed by atoms with Crippen molar-refractivity contribution in [1.29, 1.82) is 0 Å². The van der Waals surface area contributed by atoms with Crippen LogP contribution in [0, 0.1) is 0 Å². The first kappa shape index (κ1) is 19.2. The van der Waals surface area contributed by atoms with Crippen LogP contribution in [0.5, 0.6) is 11.5 Å². The Morgan fingerprint density at radius 2 is 1.54 bits per heavy atom. The Balaban J connectivity index is 1.55. The summed E-state index contributed by atoms with van der Waals surface area (Å²) in [5.74, 6) is 1.73. The highest BCUT2D eigenvalue weighted by molar-refractivity contribution is 6.02. The van der Waals surface area contributed by atoms with E-state index in [0.29, 0.717) is 29.4 Å². The number of Topliss-reactive ketones (excluding diaryl/α,β-unsaturated/α-hetero) is 1. The molecule has 3 aromatic rings. The normalized spacial score (nSPS) is 10.4. The van der Waals surface area contributed by atoms with Gasteiger partial charge in [-0.2, -0.15) is 0 Å². The van der Waals surface area contributed by atoms with Crippen LogP contribution in [0.15, 0.2) is 65.1 Å². The molecule has 0 bridgehead atoms. The summed E-state index contributed by atoms with van der Waals surface area (Å²) < 4.78 is 16.5. The Labute approximate surface area is 163 Å². The number of benzene rings is 2. The number of ketones is 1. The Kier molecular flexibility index (Phi) is 6.11. The fourth-order valence-corrected chi connectivity index (χ4v) is 2.51. The second-order valence-corrected chi connectivity index (χ2v) is 6.05. The second kappa shape index (κ2) is 8.90. The highest BCUT2D eigenvalue weighted by Crippen LogP contribution is 2.18. The Hall–Kier alpha value is -3.54. The molecule has 1 N–H and O–H groups in total. The number of carbonyl (C=O) groups is 2. The molecular weight excluding hydrogens is 358 g/mol. The predicted molar refractivity (Wildman–Crippen MR) is 105 cm³/mol. The van der Waals surface area contributed by atoms with Gasteiger partial charge >= 0.3 is 0 Å². The number of hydrogen-bond acceptors (Lipinski definition) is 5. The minimum absolute atomic E-state index is 0.000711.